The van der Waals surface area contributed by atoms with Crippen molar-refractivity contribution < 1.29 is 19.4 Å². The molecule has 0 radical (unpaired) electrons. The lowest BCUT2D eigenvalue weighted by Gasteiger charge is -2.15. The summed E-state index contributed by atoms with van der Waals surface area (Å²) in [5.74, 6) is -0.422. The average molecular weight is 478 g/mol. The van der Waals surface area contributed by atoms with E-state index in [9.17, 15) is 9.59 Å². The van der Waals surface area contributed by atoms with E-state index in [4.69, 9.17) is 26.2 Å². The van der Waals surface area contributed by atoms with Gasteiger partial charge in [0.2, 0.25) is 0 Å². The summed E-state index contributed by atoms with van der Waals surface area (Å²) in [6, 6.07) is 19.5. The number of rotatable bonds is 7. The Balaban J connectivity index is 1.81. The number of aliphatic carboxylic acids is 1. The molecule has 172 valence electrons. The number of ether oxygens (including phenoxy) is 2. The van der Waals surface area contributed by atoms with Crippen molar-refractivity contribution in [1.29, 1.82) is 0 Å². The van der Waals surface area contributed by atoms with Gasteiger partial charge in [0.25, 0.3) is 5.56 Å². The fourth-order valence-electron chi connectivity index (χ4n) is 3.29. The predicted molar refractivity (Wildman–Crippen MR) is 130 cm³/mol. The molecule has 0 saturated heterocycles. The summed E-state index contributed by atoms with van der Waals surface area (Å²) in [7, 11) is 1.41. The molecule has 9 heteroatoms. The number of carboxylic acids is 1. The van der Waals surface area contributed by atoms with Gasteiger partial charge in [0, 0.05) is 5.56 Å². The molecular formula is C25H20ClN3O5. The van der Waals surface area contributed by atoms with Crippen LogP contribution in [0.1, 0.15) is 12.5 Å². The Morgan fingerprint density at radius 1 is 1.15 bits per heavy atom. The smallest absolute Gasteiger partial charge is 0.344 e. The third-order valence-corrected chi connectivity index (χ3v) is 5.28. The Morgan fingerprint density at radius 3 is 2.56 bits per heavy atom. The van der Waals surface area contributed by atoms with Gasteiger partial charge in [0.15, 0.2) is 23.4 Å². The average Bonchev–Trinajstić information content (AvgIpc) is 2.85. The van der Waals surface area contributed by atoms with Gasteiger partial charge in [-0.15, -0.1) is 0 Å². The molecule has 1 atom stereocenters. The number of aromatic nitrogens is 2. The highest BCUT2D eigenvalue weighted by Crippen LogP contribution is 2.36. The van der Waals surface area contributed by atoms with Gasteiger partial charge in [-0.2, -0.15) is 9.78 Å². The van der Waals surface area contributed by atoms with Crippen LogP contribution < -0.4 is 15.0 Å². The quantitative estimate of drug-likeness (QED) is 0.394. The van der Waals surface area contributed by atoms with Crippen LogP contribution in [0.2, 0.25) is 5.02 Å². The van der Waals surface area contributed by atoms with E-state index < -0.39 is 12.1 Å². The van der Waals surface area contributed by atoms with Crippen LogP contribution in [0, 0.1) is 0 Å². The number of halogens is 1. The van der Waals surface area contributed by atoms with Crippen LogP contribution in [-0.4, -0.2) is 40.2 Å². The fourth-order valence-corrected chi connectivity index (χ4v) is 3.55. The van der Waals surface area contributed by atoms with Gasteiger partial charge < -0.3 is 14.6 Å². The molecule has 1 aromatic heterocycles. The lowest BCUT2D eigenvalue weighted by atomic mass is 10.2. The molecule has 0 aliphatic rings. The lowest BCUT2D eigenvalue weighted by molar-refractivity contribution is -0.144. The van der Waals surface area contributed by atoms with E-state index in [1.807, 2.05) is 36.4 Å². The molecule has 0 bridgehead atoms. The summed E-state index contributed by atoms with van der Waals surface area (Å²) in [4.78, 5) is 29.1. The minimum absolute atomic E-state index is 0.103. The molecular weight excluding hydrogens is 458 g/mol. The second-order valence-electron chi connectivity index (χ2n) is 7.31. The Morgan fingerprint density at radius 2 is 1.85 bits per heavy atom. The summed E-state index contributed by atoms with van der Waals surface area (Å²) in [5.41, 5.74) is 1.48. The zero-order valence-electron chi connectivity index (χ0n) is 18.3. The van der Waals surface area contributed by atoms with Crippen molar-refractivity contribution in [2.24, 2.45) is 5.10 Å². The number of hydrogen-bond donors (Lipinski definition) is 1. The van der Waals surface area contributed by atoms with Crippen molar-refractivity contribution in [2.75, 3.05) is 7.11 Å². The van der Waals surface area contributed by atoms with E-state index in [2.05, 4.69) is 10.1 Å². The number of para-hydroxylation sites is 1. The van der Waals surface area contributed by atoms with Crippen molar-refractivity contribution in [3.8, 4) is 22.9 Å². The summed E-state index contributed by atoms with van der Waals surface area (Å²) in [6.07, 6.45) is 0.324. The number of fused-ring (bicyclic) bond motifs is 1. The van der Waals surface area contributed by atoms with E-state index >= 15 is 0 Å². The lowest BCUT2D eigenvalue weighted by Crippen LogP contribution is -2.23. The highest BCUT2D eigenvalue weighted by atomic mass is 35.5. The molecule has 0 spiro atoms. The molecule has 0 amide bonds. The fraction of sp³-hybridized carbons (Fsp3) is 0.120. The SMILES string of the molecule is COc1cc(C=Nn2c(-c3ccccc3)nc3ccccc3c2=O)cc(Cl)c1O[C@@H](C)C(=O)O. The molecule has 3 aromatic carbocycles. The molecule has 8 nitrogen and oxygen atoms in total. The van der Waals surface area contributed by atoms with Gasteiger partial charge in [0.1, 0.15) is 0 Å². The van der Waals surface area contributed by atoms with Crippen LogP contribution in [0.3, 0.4) is 0 Å². The molecule has 1 heterocycles. The first kappa shape index (κ1) is 23.0. The first-order chi connectivity index (χ1) is 16.4. The van der Waals surface area contributed by atoms with E-state index in [0.29, 0.717) is 22.3 Å². The monoisotopic (exact) mass is 477 g/mol. The third kappa shape index (κ3) is 4.62. The van der Waals surface area contributed by atoms with Crippen molar-refractivity contribution in [3.63, 3.8) is 0 Å². The minimum Gasteiger partial charge on any atom is -0.493 e. The summed E-state index contributed by atoms with van der Waals surface area (Å²) in [6.45, 7) is 1.39. The third-order valence-electron chi connectivity index (χ3n) is 5.00. The first-order valence-corrected chi connectivity index (χ1v) is 10.7. The van der Waals surface area contributed by atoms with Gasteiger partial charge in [-0.25, -0.2) is 9.78 Å². The predicted octanol–water partition coefficient (Wildman–Crippen LogP) is 4.46. The topological polar surface area (TPSA) is 103 Å². The van der Waals surface area contributed by atoms with Gasteiger partial charge in [-0.05, 0) is 36.8 Å². The molecule has 0 saturated carbocycles. The summed E-state index contributed by atoms with van der Waals surface area (Å²) < 4.78 is 12.0. The number of nitrogens with zero attached hydrogens (tertiary/aromatic N) is 3. The van der Waals surface area contributed by atoms with Crippen LogP contribution >= 0.6 is 11.6 Å². The highest BCUT2D eigenvalue weighted by molar-refractivity contribution is 6.32. The molecule has 4 rings (SSSR count). The molecule has 0 fully saturated rings. The molecule has 0 aliphatic heterocycles. The van der Waals surface area contributed by atoms with Crippen molar-refractivity contribution in [3.05, 3.63) is 87.7 Å². The number of hydrogen-bond acceptors (Lipinski definition) is 6. The van der Waals surface area contributed by atoms with Crippen LogP contribution in [0.25, 0.3) is 22.3 Å². The van der Waals surface area contributed by atoms with E-state index in [-0.39, 0.29) is 22.1 Å². The molecule has 34 heavy (non-hydrogen) atoms. The second kappa shape index (κ2) is 9.76. The summed E-state index contributed by atoms with van der Waals surface area (Å²) >= 11 is 6.34. The van der Waals surface area contributed by atoms with Gasteiger partial charge in [-0.1, -0.05) is 54.1 Å². The van der Waals surface area contributed by atoms with Gasteiger partial charge >= 0.3 is 5.97 Å². The maximum atomic E-state index is 13.3. The molecule has 0 unspecified atom stereocenters. The Labute approximate surface area is 199 Å². The van der Waals surface area contributed by atoms with Crippen LogP contribution in [0.4, 0.5) is 0 Å². The molecule has 1 N–H and O–H groups in total. The maximum Gasteiger partial charge on any atom is 0.344 e. The van der Waals surface area contributed by atoms with Crippen molar-refractivity contribution in [2.45, 2.75) is 13.0 Å². The number of carbonyl (C=O) groups is 1. The maximum absolute atomic E-state index is 13.3. The van der Waals surface area contributed by atoms with Crippen LogP contribution in [0.15, 0.2) is 76.6 Å². The van der Waals surface area contributed by atoms with Gasteiger partial charge in [-0.3, -0.25) is 4.79 Å². The van der Waals surface area contributed by atoms with Crippen molar-refractivity contribution >= 4 is 34.7 Å². The second-order valence-corrected chi connectivity index (χ2v) is 7.72. The Kier molecular flexibility index (Phi) is 6.60. The first-order valence-electron chi connectivity index (χ1n) is 10.3. The Hall–Kier alpha value is -4.17. The molecule has 4 aromatic rings. The van der Waals surface area contributed by atoms with E-state index in [1.54, 1.807) is 30.3 Å². The van der Waals surface area contributed by atoms with Gasteiger partial charge in [0.05, 0.1) is 29.2 Å². The zero-order chi connectivity index (χ0) is 24.2. The number of carboxylic acid groups (broad SMARTS) is 1. The van der Waals surface area contributed by atoms with Crippen molar-refractivity contribution in [1.82, 2.24) is 9.66 Å². The number of methoxy groups -OCH3 is 1. The van der Waals surface area contributed by atoms with E-state index in [1.165, 1.54) is 24.9 Å². The largest absolute Gasteiger partial charge is 0.493 e. The summed E-state index contributed by atoms with van der Waals surface area (Å²) in [5, 5.41) is 14.1. The van der Waals surface area contributed by atoms with Crippen LogP contribution in [-0.2, 0) is 4.79 Å². The highest BCUT2D eigenvalue weighted by Gasteiger charge is 2.19. The Bertz CT molecular complexity index is 1450. The standard InChI is InChI=1S/C25H20ClN3O5/c1-15(25(31)32)34-22-19(26)12-16(13-21(22)33-2)14-27-29-23(17-8-4-3-5-9-17)28-20-11-7-6-10-18(20)24(29)30/h3-15H,1-2H3,(H,31,32)/t15-/m0/s1. The van der Waals surface area contributed by atoms with E-state index in [0.717, 1.165) is 5.56 Å². The zero-order valence-corrected chi connectivity index (χ0v) is 19.1. The normalized spacial score (nSPS) is 12.1. The van der Waals surface area contributed by atoms with Crippen LogP contribution in [0.5, 0.6) is 11.5 Å². The molecule has 0 aliphatic carbocycles. The minimum atomic E-state index is -1.14. The number of benzene rings is 3.